The number of rotatable bonds is 9. The van der Waals surface area contributed by atoms with E-state index in [4.69, 9.17) is 21.1 Å². The second-order valence-electron chi connectivity index (χ2n) is 7.75. The molecule has 4 aromatic carbocycles. The second kappa shape index (κ2) is 12.2. The van der Waals surface area contributed by atoms with Crippen LogP contribution in [-0.4, -0.2) is 18.4 Å². The van der Waals surface area contributed by atoms with Gasteiger partial charge in [0.15, 0.2) is 6.61 Å². The standard InChI is InChI=1S/C28H22BrClN2O4/c29-21-5-13-25(14-6-21)36-26-15-9-23(10-16-26)32-28(34)20-3-11-24(12-4-20)35-18-27(33)31-17-19-1-7-22(30)8-2-19/h1-16H,17-18H2,(H,31,33)(H,32,34). The first-order valence-electron chi connectivity index (χ1n) is 11.0. The Kier molecular flexibility index (Phi) is 8.60. The van der Waals surface area contributed by atoms with Crippen LogP contribution < -0.4 is 20.1 Å². The Hall–Kier alpha value is -3.81. The van der Waals surface area contributed by atoms with Crippen molar-refractivity contribution in [2.75, 3.05) is 11.9 Å². The van der Waals surface area contributed by atoms with Crippen LogP contribution in [0.2, 0.25) is 5.02 Å². The molecule has 0 atom stereocenters. The monoisotopic (exact) mass is 564 g/mol. The van der Waals surface area contributed by atoms with E-state index in [-0.39, 0.29) is 18.4 Å². The average Bonchev–Trinajstić information content (AvgIpc) is 2.90. The minimum absolute atomic E-state index is 0.131. The molecular formula is C28H22BrClN2O4. The summed E-state index contributed by atoms with van der Waals surface area (Å²) >= 11 is 9.25. The van der Waals surface area contributed by atoms with Crippen LogP contribution in [0.5, 0.6) is 17.2 Å². The Bertz CT molecular complexity index is 1310. The summed E-state index contributed by atoms with van der Waals surface area (Å²) in [6.07, 6.45) is 0. The Balaban J connectivity index is 1.23. The summed E-state index contributed by atoms with van der Waals surface area (Å²) in [5.74, 6) is 1.36. The summed E-state index contributed by atoms with van der Waals surface area (Å²) in [6, 6.07) is 28.4. The molecule has 0 unspecified atom stereocenters. The van der Waals surface area contributed by atoms with Crippen molar-refractivity contribution in [2.24, 2.45) is 0 Å². The van der Waals surface area contributed by atoms with E-state index in [1.165, 1.54) is 0 Å². The van der Waals surface area contributed by atoms with Gasteiger partial charge in [0.1, 0.15) is 17.2 Å². The lowest BCUT2D eigenvalue weighted by molar-refractivity contribution is -0.123. The fourth-order valence-electron chi connectivity index (χ4n) is 3.15. The van der Waals surface area contributed by atoms with Crippen molar-refractivity contribution in [1.82, 2.24) is 5.32 Å². The minimum atomic E-state index is -0.260. The second-order valence-corrected chi connectivity index (χ2v) is 9.10. The van der Waals surface area contributed by atoms with Crippen LogP contribution in [0, 0.1) is 0 Å². The van der Waals surface area contributed by atoms with E-state index in [1.807, 2.05) is 36.4 Å². The first-order valence-corrected chi connectivity index (χ1v) is 12.2. The maximum Gasteiger partial charge on any atom is 0.258 e. The highest BCUT2D eigenvalue weighted by molar-refractivity contribution is 9.10. The predicted molar refractivity (Wildman–Crippen MR) is 144 cm³/mol. The van der Waals surface area contributed by atoms with Crippen LogP contribution >= 0.6 is 27.5 Å². The third kappa shape index (κ3) is 7.60. The van der Waals surface area contributed by atoms with E-state index >= 15 is 0 Å². The lowest BCUT2D eigenvalue weighted by Gasteiger charge is -2.10. The van der Waals surface area contributed by atoms with Gasteiger partial charge >= 0.3 is 0 Å². The zero-order valence-electron chi connectivity index (χ0n) is 19.0. The quantitative estimate of drug-likeness (QED) is 0.233. The summed E-state index contributed by atoms with van der Waals surface area (Å²) in [6.45, 7) is 0.254. The highest BCUT2D eigenvalue weighted by atomic mass is 79.9. The maximum absolute atomic E-state index is 12.6. The van der Waals surface area contributed by atoms with E-state index in [0.717, 1.165) is 15.8 Å². The molecule has 0 aromatic heterocycles. The fourth-order valence-corrected chi connectivity index (χ4v) is 3.54. The summed E-state index contributed by atoms with van der Waals surface area (Å²) < 4.78 is 12.3. The van der Waals surface area contributed by atoms with E-state index in [9.17, 15) is 9.59 Å². The third-order valence-corrected chi connectivity index (χ3v) is 5.83. The molecule has 0 radical (unpaired) electrons. The molecule has 36 heavy (non-hydrogen) atoms. The number of carbonyl (C=O) groups is 2. The molecular weight excluding hydrogens is 544 g/mol. The number of halogens is 2. The molecule has 6 nitrogen and oxygen atoms in total. The van der Waals surface area contributed by atoms with Crippen molar-refractivity contribution in [3.8, 4) is 17.2 Å². The molecule has 0 spiro atoms. The van der Waals surface area contributed by atoms with Gasteiger partial charge in [-0.3, -0.25) is 9.59 Å². The normalized spacial score (nSPS) is 10.4. The third-order valence-electron chi connectivity index (χ3n) is 5.05. The maximum atomic E-state index is 12.6. The summed E-state index contributed by atoms with van der Waals surface area (Å²) in [7, 11) is 0. The highest BCUT2D eigenvalue weighted by Crippen LogP contribution is 2.25. The molecule has 0 saturated heterocycles. The van der Waals surface area contributed by atoms with Gasteiger partial charge in [0.05, 0.1) is 0 Å². The highest BCUT2D eigenvalue weighted by Gasteiger charge is 2.08. The number of anilines is 1. The molecule has 0 heterocycles. The van der Waals surface area contributed by atoms with Gasteiger partial charge in [-0.1, -0.05) is 39.7 Å². The van der Waals surface area contributed by atoms with Crippen LogP contribution in [0.1, 0.15) is 15.9 Å². The first-order chi connectivity index (χ1) is 17.4. The van der Waals surface area contributed by atoms with Gasteiger partial charge in [-0.15, -0.1) is 0 Å². The molecule has 0 aliphatic carbocycles. The van der Waals surface area contributed by atoms with Crippen molar-refractivity contribution >= 4 is 45.0 Å². The van der Waals surface area contributed by atoms with Gasteiger partial charge in [-0.2, -0.15) is 0 Å². The number of amides is 2. The Morgan fingerprint density at radius 1 is 0.750 bits per heavy atom. The summed E-state index contributed by atoms with van der Waals surface area (Å²) in [4.78, 5) is 24.6. The summed E-state index contributed by atoms with van der Waals surface area (Å²) in [5, 5.41) is 6.28. The molecule has 0 fully saturated rings. The van der Waals surface area contributed by atoms with E-state index in [2.05, 4.69) is 26.6 Å². The van der Waals surface area contributed by atoms with Crippen molar-refractivity contribution in [3.05, 3.63) is 118 Å². The molecule has 8 heteroatoms. The first kappa shape index (κ1) is 25.3. The topological polar surface area (TPSA) is 76.7 Å². The van der Waals surface area contributed by atoms with Crippen molar-refractivity contribution in [2.45, 2.75) is 6.54 Å². The molecule has 4 aromatic rings. The lowest BCUT2D eigenvalue weighted by Crippen LogP contribution is -2.28. The molecule has 182 valence electrons. The SMILES string of the molecule is O=C(COc1ccc(C(=O)Nc2ccc(Oc3ccc(Br)cc3)cc2)cc1)NCc1ccc(Cl)cc1. The van der Waals surface area contributed by atoms with Crippen molar-refractivity contribution in [1.29, 1.82) is 0 Å². The van der Waals surface area contributed by atoms with Crippen LogP contribution in [0.4, 0.5) is 5.69 Å². The number of benzene rings is 4. The van der Waals surface area contributed by atoms with Crippen molar-refractivity contribution in [3.63, 3.8) is 0 Å². The van der Waals surface area contributed by atoms with Crippen molar-refractivity contribution < 1.29 is 19.1 Å². The molecule has 0 saturated carbocycles. The van der Waals surface area contributed by atoms with Gasteiger partial charge in [0, 0.05) is 27.3 Å². The van der Waals surface area contributed by atoms with Gasteiger partial charge in [-0.05, 0) is 90.5 Å². The zero-order valence-corrected chi connectivity index (χ0v) is 21.4. The van der Waals surface area contributed by atoms with Gasteiger partial charge in [0.2, 0.25) is 0 Å². The molecule has 2 N–H and O–H groups in total. The summed E-state index contributed by atoms with van der Waals surface area (Å²) in [5.41, 5.74) is 2.04. The van der Waals surface area contributed by atoms with Crippen LogP contribution in [0.15, 0.2) is 102 Å². The number of nitrogens with one attached hydrogen (secondary N) is 2. The molecule has 2 amide bonds. The Morgan fingerprint density at radius 3 is 1.97 bits per heavy atom. The fraction of sp³-hybridized carbons (Fsp3) is 0.0714. The molecule has 0 bridgehead atoms. The van der Waals surface area contributed by atoms with Gasteiger partial charge in [-0.25, -0.2) is 0 Å². The van der Waals surface area contributed by atoms with Gasteiger partial charge in [0.25, 0.3) is 11.8 Å². The average molecular weight is 566 g/mol. The predicted octanol–water partition coefficient (Wildman–Crippen LogP) is 6.84. The zero-order chi connectivity index (χ0) is 25.3. The number of carbonyl (C=O) groups excluding carboxylic acids is 2. The molecule has 0 aliphatic rings. The number of ether oxygens (including phenoxy) is 2. The number of hydrogen-bond donors (Lipinski definition) is 2. The number of hydrogen-bond acceptors (Lipinski definition) is 4. The van der Waals surface area contributed by atoms with Crippen LogP contribution in [0.3, 0.4) is 0 Å². The van der Waals surface area contributed by atoms with E-state index in [1.54, 1.807) is 60.7 Å². The minimum Gasteiger partial charge on any atom is -0.484 e. The van der Waals surface area contributed by atoms with Gasteiger partial charge < -0.3 is 20.1 Å². The molecule has 0 aliphatic heterocycles. The van der Waals surface area contributed by atoms with Crippen LogP contribution in [-0.2, 0) is 11.3 Å². The van der Waals surface area contributed by atoms with Crippen LogP contribution in [0.25, 0.3) is 0 Å². The van der Waals surface area contributed by atoms with E-state index < -0.39 is 0 Å². The Labute approximate surface area is 222 Å². The largest absolute Gasteiger partial charge is 0.484 e. The smallest absolute Gasteiger partial charge is 0.258 e. The Morgan fingerprint density at radius 2 is 1.33 bits per heavy atom. The molecule has 4 rings (SSSR count). The van der Waals surface area contributed by atoms with E-state index in [0.29, 0.717) is 34.3 Å². The lowest BCUT2D eigenvalue weighted by atomic mass is 10.2.